The molecule has 0 atom stereocenters. The van der Waals surface area contributed by atoms with E-state index in [1.54, 1.807) is 0 Å². The third-order valence-corrected chi connectivity index (χ3v) is 2.68. The second-order valence-electron chi connectivity index (χ2n) is 4.23. The minimum atomic E-state index is -1.03. The summed E-state index contributed by atoms with van der Waals surface area (Å²) in [7, 11) is 0. The van der Waals surface area contributed by atoms with Gasteiger partial charge in [-0.2, -0.15) is 0 Å². The molecule has 0 fully saturated rings. The zero-order chi connectivity index (χ0) is 15.1. The molecule has 0 aromatic heterocycles. The number of carboxylic acids is 2. The molecular weight excluding hydrogens is 272 g/mol. The van der Waals surface area contributed by atoms with E-state index < -0.39 is 23.6 Å². The average molecular weight is 287 g/mol. The molecule has 0 amide bonds. The van der Waals surface area contributed by atoms with Crippen molar-refractivity contribution in [3.8, 4) is 0 Å². The third-order valence-electron chi connectivity index (χ3n) is 2.68. The van der Waals surface area contributed by atoms with Gasteiger partial charge in [0.25, 0.3) is 0 Å². The zero-order valence-electron chi connectivity index (χ0n) is 10.7. The summed E-state index contributed by atoms with van der Waals surface area (Å²) in [6.07, 6.45) is 0.0350. The Hall–Kier alpha value is -2.18. The van der Waals surface area contributed by atoms with E-state index in [9.17, 15) is 18.4 Å². The normalized spacial score (nSPS) is 10.3. The van der Waals surface area contributed by atoms with Crippen molar-refractivity contribution in [2.75, 3.05) is 18.0 Å². The van der Waals surface area contributed by atoms with Crippen molar-refractivity contribution in [2.45, 2.75) is 19.3 Å². The van der Waals surface area contributed by atoms with E-state index in [4.69, 9.17) is 10.2 Å². The van der Waals surface area contributed by atoms with Gasteiger partial charge < -0.3 is 15.1 Å². The van der Waals surface area contributed by atoms with Crippen LogP contribution in [0, 0.1) is 11.6 Å². The molecule has 1 rings (SSSR count). The largest absolute Gasteiger partial charge is 0.481 e. The van der Waals surface area contributed by atoms with Gasteiger partial charge in [-0.15, -0.1) is 0 Å². The lowest BCUT2D eigenvalue weighted by Crippen LogP contribution is -2.27. The Kier molecular flexibility index (Phi) is 5.89. The first-order valence-corrected chi connectivity index (χ1v) is 6.03. The maximum absolute atomic E-state index is 13.2. The van der Waals surface area contributed by atoms with Gasteiger partial charge >= 0.3 is 11.9 Å². The van der Waals surface area contributed by atoms with Crippen LogP contribution in [0.25, 0.3) is 0 Å². The number of hydrogen-bond acceptors (Lipinski definition) is 3. The van der Waals surface area contributed by atoms with Crippen LogP contribution in [0.15, 0.2) is 18.2 Å². The minimum absolute atomic E-state index is 0.0761. The Labute approximate surface area is 114 Å². The molecule has 0 radical (unpaired) electrons. The molecule has 1 aromatic rings. The summed E-state index contributed by atoms with van der Waals surface area (Å²) in [5.41, 5.74) is 0.329. The summed E-state index contributed by atoms with van der Waals surface area (Å²) >= 11 is 0. The monoisotopic (exact) mass is 287 g/mol. The van der Waals surface area contributed by atoms with E-state index in [-0.39, 0.29) is 32.4 Å². The molecular formula is C13H15F2NO4. The van der Waals surface area contributed by atoms with Gasteiger partial charge in [-0.3, -0.25) is 9.59 Å². The number of hydrogen-bond donors (Lipinski definition) is 2. The molecule has 1 aromatic carbocycles. The number of anilines is 1. The molecule has 0 saturated heterocycles. The van der Waals surface area contributed by atoms with Crippen LogP contribution >= 0.6 is 0 Å². The van der Waals surface area contributed by atoms with Crippen molar-refractivity contribution in [1.29, 1.82) is 0 Å². The maximum atomic E-state index is 13.2. The second kappa shape index (κ2) is 7.42. The van der Waals surface area contributed by atoms with Gasteiger partial charge in [0.2, 0.25) is 0 Å². The minimum Gasteiger partial charge on any atom is -0.481 e. The molecule has 0 bridgehead atoms. The number of carboxylic acid groups (broad SMARTS) is 2. The van der Waals surface area contributed by atoms with Crippen LogP contribution in [0.1, 0.15) is 19.3 Å². The molecule has 0 aliphatic rings. The second-order valence-corrected chi connectivity index (χ2v) is 4.23. The molecule has 20 heavy (non-hydrogen) atoms. The molecule has 0 aliphatic carbocycles. The van der Waals surface area contributed by atoms with Crippen LogP contribution in [0.3, 0.4) is 0 Å². The summed E-state index contributed by atoms with van der Waals surface area (Å²) in [4.78, 5) is 22.6. The third kappa shape index (κ3) is 5.21. The van der Waals surface area contributed by atoms with Crippen molar-refractivity contribution in [2.24, 2.45) is 0 Å². The number of nitrogens with zero attached hydrogens (tertiary/aromatic N) is 1. The standard InChI is InChI=1S/C13H15F2NO4/c14-10-4-3-9(8-11(10)15)16(7-5-13(19)20)6-1-2-12(17)18/h3-4,8H,1-2,5-7H2,(H,17,18)(H,19,20). The van der Waals surface area contributed by atoms with Crippen molar-refractivity contribution in [3.63, 3.8) is 0 Å². The number of carbonyl (C=O) groups is 2. The number of halogens is 2. The van der Waals surface area contributed by atoms with Crippen LogP contribution < -0.4 is 4.90 Å². The van der Waals surface area contributed by atoms with Crippen LogP contribution in [-0.2, 0) is 9.59 Å². The van der Waals surface area contributed by atoms with Gasteiger partial charge in [0.15, 0.2) is 11.6 Å². The topological polar surface area (TPSA) is 77.8 Å². The Morgan fingerprint density at radius 1 is 1.00 bits per heavy atom. The Balaban J connectivity index is 2.76. The quantitative estimate of drug-likeness (QED) is 0.765. The highest BCUT2D eigenvalue weighted by molar-refractivity contribution is 5.68. The smallest absolute Gasteiger partial charge is 0.305 e. The number of rotatable bonds is 8. The fraction of sp³-hybridized carbons (Fsp3) is 0.385. The molecule has 110 valence electrons. The van der Waals surface area contributed by atoms with E-state index >= 15 is 0 Å². The molecule has 0 saturated carbocycles. The van der Waals surface area contributed by atoms with Gasteiger partial charge in [-0.25, -0.2) is 8.78 Å². The first kappa shape index (κ1) is 15.9. The Bertz CT molecular complexity index is 493. The molecule has 5 nitrogen and oxygen atoms in total. The lowest BCUT2D eigenvalue weighted by atomic mass is 10.2. The van der Waals surface area contributed by atoms with E-state index in [2.05, 4.69) is 0 Å². The highest BCUT2D eigenvalue weighted by Crippen LogP contribution is 2.19. The van der Waals surface area contributed by atoms with E-state index in [1.807, 2.05) is 0 Å². The van der Waals surface area contributed by atoms with E-state index in [0.29, 0.717) is 5.69 Å². The summed E-state index contributed by atoms with van der Waals surface area (Å²) < 4.78 is 26.0. The fourth-order valence-corrected chi connectivity index (χ4v) is 1.70. The first-order chi connectivity index (χ1) is 9.40. The lowest BCUT2D eigenvalue weighted by Gasteiger charge is -2.24. The van der Waals surface area contributed by atoms with Gasteiger partial charge in [-0.1, -0.05) is 0 Å². The summed E-state index contributed by atoms with van der Waals surface area (Å²) in [5.74, 6) is -4.00. The van der Waals surface area contributed by atoms with Gasteiger partial charge in [0.1, 0.15) is 0 Å². The van der Waals surface area contributed by atoms with Gasteiger partial charge in [-0.05, 0) is 18.6 Å². The molecule has 0 aliphatic heterocycles. The summed E-state index contributed by atoms with van der Waals surface area (Å²) in [6, 6.07) is 3.26. The highest BCUT2D eigenvalue weighted by atomic mass is 19.2. The zero-order valence-corrected chi connectivity index (χ0v) is 10.7. The summed E-state index contributed by atoms with van der Waals surface area (Å²) in [6.45, 7) is 0.352. The molecule has 0 unspecified atom stereocenters. The molecule has 0 spiro atoms. The average Bonchev–Trinajstić information content (AvgIpc) is 2.36. The maximum Gasteiger partial charge on any atom is 0.305 e. The van der Waals surface area contributed by atoms with E-state index in [1.165, 1.54) is 11.0 Å². The molecule has 2 N–H and O–H groups in total. The van der Waals surface area contributed by atoms with E-state index in [0.717, 1.165) is 12.1 Å². The van der Waals surface area contributed by atoms with Crippen molar-refractivity contribution in [1.82, 2.24) is 0 Å². The highest BCUT2D eigenvalue weighted by Gasteiger charge is 2.12. The van der Waals surface area contributed by atoms with Crippen molar-refractivity contribution in [3.05, 3.63) is 29.8 Å². The SMILES string of the molecule is O=C(O)CCCN(CCC(=O)O)c1ccc(F)c(F)c1. The predicted molar refractivity (Wildman–Crippen MR) is 67.7 cm³/mol. The van der Waals surface area contributed by atoms with Crippen LogP contribution in [0.4, 0.5) is 14.5 Å². The van der Waals surface area contributed by atoms with Gasteiger partial charge in [0.05, 0.1) is 6.42 Å². The first-order valence-electron chi connectivity index (χ1n) is 6.03. The summed E-state index contributed by atoms with van der Waals surface area (Å²) in [5, 5.41) is 17.2. The fourth-order valence-electron chi connectivity index (χ4n) is 1.70. The predicted octanol–water partition coefficient (Wildman–Crippen LogP) is 2.11. The van der Waals surface area contributed by atoms with Crippen LogP contribution in [0.2, 0.25) is 0 Å². The van der Waals surface area contributed by atoms with Crippen molar-refractivity contribution < 1.29 is 28.6 Å². The van der Waals surface area contributed by atoms with Gasteiger partial charge in [0, 0.05) is 31.3 Å². The van der Waals surface area contributed by atoms with Crippen LogP contribution in [0.5, 0.6) is 0 Å². The number of benzene rings is 1. The van der Waals surface area contributed by atoms with Crippen LogP contribution in [-0.4, -0.2) is 35.2 Å². The Morgan fingerprint density at radius 3 is 2.20 bits per heavy atom. The molecule has 7 heteroatoms. The van der Waals surface area contributed by atoms with Crippen molar-refractivity contribution >= 4 is 17.6 Å². The lowest BCUT2D eigenvalue weighted by molar-refractivity contribution is -0.138. The molecule has 0 heterocycles. The number of aliphatic carboxylic acids is 2. The Morgan fingerprint density at radius 2 is 1.65 bits per heavy atom.